The highest BCUT2D eigenvalue weighted by Gasteiger charge is 2.29. The molecule has 2 rings (SSSR count). The van der Waals surface area contributed by atoms with Gasteiger partial charge in [-0.25, -0.2) is 0 Å². The molecule has 0 aliphatic carbocycles. The van der Waals surface area contributed by atoms with Crippen LogP contribution >= 0.6 is 0 Å². The van der Waals surface area contributed by atoms with Gasteiger partial charge in [0.25, 0.3) is 0 Å². The minimum atomic E-state index is -4.34. The van der Waals surface area contributed by atoms with Gasteiger partial charge < -0.3 is 5.73 Å². The normalized spacial score (nSPS) is 12.0. The summed E-state index contributed by atoms with van der Waals surface area (Å²) in [6, 6.07) is 9.65. The van der Waals surface area contributed by atoms with Crippen molar-refractivity contribution in [1.29, 1.82) is 0 Å². The van der Waals surface area contributed by atoms with E-state index < -0.39 is 11.7 Å². The second kappa shape index (κ2) is 5.32. The van der Waals surface area contributed by atoms with E-state index in [0.29, 0.717) is 17.1 Å². The first kappa shape index (κ1) is 14.0. The molecule has 0 heterocycles. The summed E-state index contributed by atoms with van der Waals surface area (Å²) in [6.45, 7) is 1.83. The highest BCUT2D eigenvalue weighted by Crippen LogP contribution is 2.31. The molecule has 0 unspecified atom stereocenters. The molecule has 0 radical (unpaired) electrons. The molecule has 3 nitrogen and oxygen atoms in total. The molecule has 2 aromatic rings. The van der Waals surface area contributed by atoms with Gasteiger partial charge in [0.2, 0.25) is 0 Å². The van der Waals surface area contributed by atoms with Crippen molar-refractivity contribution in [2.45, 2.75) is 13.1 Å². The van der Waals surface area contributed by atoms with E-state index in [9.17, 15) is 13.2 Å². The molecule has 0 aliphatic rings. The minimum Gasteiger partial charge on any atom is -0.399 e. The van der Waals surface area contributed by atoms with E-state index in [0.717, 1.165) is 17.7 Å². The van der Waals surface area contributed by atoms with Gasteiger partial charge in [-0.2, -0.15) is 23.4 Å². The van der Waals surface area contributed by atoms with Gasteiger partial charge in [-0.15, -0.1) is 0 Å². The summed E-state index contributed by atoms with van der Waals surface area (Å²) in [4.78, 5) is 0. The molecule has 0 aliphatic heterocycles. The fraction of sp³-hybridized carbons (Fsp3) is 0.143. The summed E-state index contributed by atoms with van der Waals surface area (Å²) in [5, 5.41) is 7.90. The highest BCUT2D eigenvalue weighted by molar-refractivity contribution is 5.54. The first-order chi connectivity index (χ1) is 9.36. The Morgan fingerprint density at radius 1 is 0.950 bits per heavy atom. The van der Waals surface area contributed by atoms with Crippen LogP contribution in [0.4, 0.5) is 30.2 Å². The molecule has 104 valence electrons. The van der Waals surface area contributed by atoms with E-state index in [-0.39, 0.29) is 0 Å². The number of anilines is 1. The smallest absolute Gasteiger partial charge is 0.399 e. The van der Waals surface area contributed by atoms with Crippen molar-refractivity contribution < 1.29 is 13.2 Å². The summed E-state index contributed by atoms with van der Waals surface area (Å²) in [6.07, 6.45) is -4.34. The van der Waals surface area contributed by atoms with Crippen molar-refractivity contribution in [3.05, 3.63) is 53.6 Å². The zero-order valence-electron chi connectivity index (χ0n) is 10.6. The van der Waals surface area contributed by atoms with Crippen LogP contribution in [-0.4, -0.2) is 0 Å². The second-order valence-electron chi connectivity index (χ2n) is 4.29. The predicted octanol–water partition coefficient (Wildman–Crippen LogP) is 5.01. The third-order valence-electron chi connectivity index (χ3n) is 2.69. The van der Waals surface area contributed by atoms with Gasteiger partial charge in [-0.1, -0.05) is 0 Å². The van der Waals surface area contributed by atoms with Crippen LogP contribution in [0.5, 0.6) is 0 Å². The molecule has 2 aromatic carbocycles. The number of nitrogens with zero attached hydrogens (tertiary/aromatic N) is 2. The van der Waals surface area contributed by atoms with Crippen molar-refractivity contribution in [1.82, 2.24) is 0 Å². The van der Waals surface area contributed by atoms with Gasteiger partial charge in [0.15, 0.2) is 0 Å². The molecule has 0 amide bonds. The number of aryl methyl sites for hydroxylation is 1. The first-order valence-electron chi connectivity index (χ1n) is 5.81. The van der Waals surface area contributed by atoms with Crippen LogP contribution < -0.4 is 5.73 Å². The van der Waals surface area contributed by atoms with Crippen LogP contribution in [0.3, 0.4) is 0 Å². The minimum absolute atomic E-state index is 0.356. The van der Waals surface area contributed by atoms with Crippen molar-refractivity contribution >= 4 is 17.1 Å². The predicted molar refractivity (Wildman–Crippen MR) is 71.2 cm³/mol. The average Bonchev–Trinajstić information content (AvgIpc) is 2.37. The number of nitrogens with two attached hydrogens (primary N) is 1. The molecular formula is C14H12F3N3. The SMILES string of the molecule is Cc1cc(N)ccc1/N=N/c1ccc(C(F)(F)F)cc1. The molecule has 0 aromatic heterocycles. The average molecular weight is 279 g/mol. The van der Waals surface area contributed by atoms with Gasteiger partial charge in [0.05, 0.1) is 16.9 Å². The lowest BCUT2D eigenvalue weighted by Crippen LogP contribution is -2.03. The van der Waals surface area contributed by atoms with Crippen LogP contribution in [0.25, 0.3) is 0 Å². The maximum absolute atomic E-state index is 12.4. The third kappa shape index (κ3) is 3.34. The first-order valence-corrected chi connectivity index (χ1v) is 5.81. The topological polar surface area (TPSA) is 50.7 Å². The number of azo groups is 1. The van der Waals surface area contributed by atoms with Crippen LogP contribution in [0.1, 0.15) is 11.1 Å². The lowest BCUT2D eigenvalue weighted by molar-refractivity contribution is -0.137. The Labute approximate surface area is 114 Å². The molecule has 2 N–H and O–H groups in total. The maximum atomic E-state index is 12.4. The van der Waals surface area contributed by atoms with Crippen molar-refractivity contribution in [3.8, 4) is 0 Å². The Bertz CT molecular complexity index is 631. The standard InChI is InChI=1S/C14H12F3N3/c1-9-8-11(18)4-7-13(9)20-19-12-5-2-10(3-6-12)14(15,16)17/h2-8H,18H2,1H3/b20-19+. The van der Waals surface area contributed by atoms with Crippen molar-refractivity contribution in [2.24, 2.45) is 10.2 Å². The van der Waals surface area contributed by atoms with Gasteiger partial charge in [0, 0.05) is 5.69 Å². The van der Waals surface area contributed by atoms with Crippen LogP contribution in [-0.2, 0) is 6.18 Å². The molecule has 0 saturated carbocycles. The Hall–Kier alpha value is -2.37. The zero-order valence-corrected chi connectivity index (χ0v) is 10.6. The Morgan fingerprint density at radius 2 is 1.60 bits per heavy atom. The fourth-order valence-corrected chi connectivity index (χ4v) is 1.62. The molecule has 0 spiro atoms. The Kier molecular flexibility index (Phi) is 3.74. The Balaban J connectivity index is 2.19. The number of halogens is 3. The molecular weight excluding hydrogens is 267 g/mol. The Morgan fingerprint density at radius 3 is 2.15 bits per heavy atom. The van der Waals surface area contributed by atoms with Gasteiger partial charge in [0.1, 0.15) is 0 Å². The summed E-state index contributed by atoms with van der Waals surface area (Å²) in [5.41, 5.74) is 7.35. The summed E-state index contributed by atoms with van der Waals surface area (Å²) in [7, 11) is 0. The molecule has 6 heteroatoms. The van der Waals surface area contributed by atoms with Crippen molar-refractivity contribution in [3.63, 3.8) is 0 Å². The lowest BCUT2D eigenvalue weighted by Gasteiger charge is -2.05. The van der Waals surface area contributed by atoms with Crippen LogP contribution in [0, 0.1) is 6.92 Å². The van der Waals surface area contributed by atoms with E-state index in [4.69, 9.17) is 5.73 Å². The monoisotopic (exact) mass is 279 g/mol. The number of hydrogen-bond acceptors (Lipinski definition) is 3. The molecule has 0 atom stereocenters. The van der Waals surface area contributed by atoms with E-state index in [1.807, 2.05) is 6.92 Å². The molecule has 0 bridgehead atoms. The summed E-state index contributed by atoms with van der Waals surface area (Å²) in [5.74, 6) is 0. The maximum Gasteiger partial charge on any atom is 0.416 e. The number of alkyl halides is 3. The van der Waals surface area contributed by atoms with E-state index in [1.54, 1.807) is 18.2 Å². The second-order valence-corrected chi connectivity index (χ2v) is 4.29. The third-order valence-corrected chi connectivity index (χ3v) is 2.69. The molecule has 0 saturated heterocycles. The van der Waals surface area contributed by atoms with E-state index in [1.165, 1.54) is 12.1 Å². The number of rotatable bonds is 2. The molecule has 0 fully saturated rings. The number of hydrogen-bond donors (Lipinski definition) is 1. The zero-order chi connectivity index (χ0) is 14.8. The number of nitrogen functional groups attached to an aromatic ring is 1. The van der Waals surface area contributed by atoms with Gasteiger partial charge in [-0.3, -0.25) is 0 Å². The summed E-state index contributed by atoms with van der Waals surface area (Å²) < 4.78 is 37.2. The lowest BCUT2D eigenvalue weighted by atomic mass is 10.2. The van der Waals surface area contributed by atoms with Crippen LogP contribution in [0.2, 0.25) is 0 Å². The van der Waals surface area contributed by atoms with Gasteiger partial charge >= 0.3 is 6.18 Å². The quantitative estimate of drug-likeness (QED) is 0.609. The van der Waals surface area contributed by atoms with Crippen LogP contribution in [0.15, 0.2) is 52.7 Å². The fourth-order valence-electron chi connectivity index (χ4n) is 1.62. The summed E-state index contributed by atoms with van der Waals surface area (Å²) >= 11 is 0. The number of benzene rings is 2. The highest BCUT2D eigenvalue weighted by atomic mass is 19.4. The van der Waals surface area contributed by atoms with Gasteiger partial charge in [-0.05, 0) is 55.0 Å². The van der Waals surface area contributed by atoms with E-state index in [2.05, 4.69) is 10.2 Å². The van der Waals surface area contributed by atoms with Crippen molar-refractivity contribution in [2.75, 3.05) is 5.73 Å². The molecule has 20 heavy (non-hydrogen) atoms. The largest absolute Gasteiger partial charge is 0.416 e. The van der Waals surface area contributed by atoms with E-state index >= 15 is 0 Å².